The molecule has 0 fully saturated rings. The Hall–Kier alpha value is -0.0800. The molecular weight excluding hydrogens is 136 g/mol. The molecule has 0 saturated heterocycles. The number of nitrogens with two attached hydrogens (primary N) is 1. The summed E-state index contributed by atoms with van der Waals surface area (Å²) < 4.78 is 0. The minimum Gasteiger partial charge on any atom is -0.330 e. The highest BCUT2D eigenvalue weighted by molar-refractivity contribution is 4.45. The van der Waals surface area contributed by atoms with Crippen LogP contribution in [0.2, 0.25) is 0 Å². The lowest BCUT2D eigenvalue weighted by atomic mass is 10.2. The van der Waals surface area contributed by atoms with Gasteiger partial charge < -0.3 is 11.1 Å². The maximum Gasteiger partial charge on any atom is -0.00519 e. The molecule has 0 saturated carbocycles. The summed E-state index contributed by atoms with van der Waals surface area (Å²) in [6.07, 6.45) is 5.08. The standard InChI is InChI=1S/C7H18N2.C2H6/c1-9-7-5-3-2-4-6-8;1-2/h9H,2-8H2,1H3;1-2H3. The third-order valence-electron chi connectivity index (χ3n) is 1.38. The van der Waals surface area contributed by atoms with Crippen molar-refractivity contribution in [1.82, 2.24) is 5.32 Å². The molecule has 0 aromatic carbocycles. The lowest BCUT2D eigenvalue weighted by molar-refractivity contribution is 0.621. The fourth-order valence-electron chi connectivity index (χ4n) is 0.800. The third kappa shape index (κ3) is 17.8. The van der Waals surface area contributed by atoms with Crippen LogP contribution >= 0.6 is 0 Å². The Kier molecular flexibility index (Phi) is 20.2. The summed E-state index contributed by atoms with van der Waals surface area (Å²) in [6.45, 7) is 5.99. The molecule has 0 spiro atoms. The Morgan fingerprint density at radius 2 is 1.55 bits per heavy atom. The van der Waals surface area contributed by atoms with Crippen molar-refractivity contribution in [3.63, 3.8) is 0 Å². The number of nitrogens with one attached hydrogen (secondary N) is 1. The van der Waals surface area contributed by atoms with E-state index in [1.807, 2.05) is 20.9 Å². The highest BCUT2D eigenvalue weighted by Gasteiger charge is 1.85. The average Bonchev–Trinajstić information content (AvgIpc) is 2.08. The summed E-state index contributed by atoms with van der Waals surface area (Å²) in [4.78, 5) is 0. The Morgan fingerprint density at radius 3 is 2.00 bits per heavy atom. The van der Waals surface area contributed by atoms with E-state index < -0.39 is 0 Å². The quantitative estimate of drug-likeness (QED) is 0.581. The van der Waals surface area contributed by atoms with Crippen molar-refractivity contribution < 1.29 is 0 Å². The molecule has 3 N–H and O–H groups in total. The predicted octanol–water partition coefficient (Wildman–Crippen LogP) is 1.75. The van der Waals surface area contributed by atoms with Crippen LogP contribution in [0.5, 0.6) is 0 Å². The van der Waals surface area contributed by atoms with Gasteiger partial charge in [-0.15, -0.1) is 0 Å². The summed E-state index contributed by atoms with van der Waals surface area (Å²) in [6, 6.07) is 0. The first-order valence-electron chi connectivity index (χ1n) is 4.76. The molecule has 2 heteroatoms. The van der Waals surface area contributed by atoms with Crippen LogP contribution in [-0.4, -0.2) is 20.1 Å². The summed E-state index contributed by atoms with van der Waals surface area (Å²) in [5.74, 6) is 0. The number of hydrogen-bond donors (Lipinski definition) is 2. The SMILES string of the molecule is CC.CNCCCCCCN. The highest BCUT2D eigenvalue weighted by Crippen LogP contribution is 1.96. The van der Waals surface area contributed by atoms with Gasteiger partial charge in [0.2, 0.25) is 0 Å². The second-order valence-corrected chi connectivity index (χ2v) is 2.31. The fraction of sp³-hybridized carbons (Fsp3) is 1.00. The molecule has 70 valence electrons. The van der Waals surface area contributed by atoms with Crippen molar-refractivity contribution in [3.05, 3.63) is 0 Å². The first kappa shape index (κ1) is 13.5. The van der Waals surface area contributed by atoms with Crippen LogP contribution in [-0.2, 0) is 0 Å². The lowest BCUT2D eigenvalue weighted by Gasteiger charge is -1.97. The number of hydrogen-bond acceptors (Lipinski definition) is 2. The van der Waals surface area contributed by atoms with Gasteiger partial charge in [0.1, 0.15) is 0 Å². The molecule has 0 aliphatic heterocycles. The monoisotopic (exact) mass is 160 g/mol. The van der Waals surface area contributed by atoms with Crippen molar-refractivity contribution in [2.24, 2.45) is 5.73 Å². The molecule has 0 atom stereocenters. The number of unbranched alkanes of at least 4 members (excludes halogenated alkanes) is 3. The second kappa shape index (κ2) is 16.5. The van der Waals surface area contributed by atoms with Crippen molar-refractivity contribution >= 4 is 0 Å². The fourth-order valence-corrected chi connectivity index (χ4v) is 0.800. The van der Waals surface area contributed by atoms with Gasteiger partial charge in [-0.25, -0.2) is 0 Å². The van der Waals surface area contributed by atoms with Crippen LogP contribution in [0.4, 0.5) is 0 Å². The van der Waals surface area contributed by atoms with E-state index in [1.54, 1.807) is 0 Å². The normalized spacial score (nSPS) is 8.73. The first-order valence-corrected chi connectivity index (χ1v) is 4.76. The van der Waals surface area contributed by atoms with E-state index in [1.165, 1.54) is 25.7 Å². The predicted molar refractivity (Wildman–Crippen MR) is 52.8 cm³/mol. The molecule has 0 radical (unpaired) electrons. The van der Waals surface area contributed by atoms with Gasteiger partial charge in [0.25, 0.3) is 0 Å². The molecule has 0 bridgehead atoms. The molecule has 0 amide bonds. The van der Waals surface area contributed by atoms with Crippen molar-refractivity contribution in [3.8, 4) is 0 Å². The molecule has 0 aromatic heterocycles. The molecule has 0 aliphatic rings. The molecule has 0 heterocycles. The molecule has 0 aliphatic carbocycles. The Bertz CT molecular complexity index is 40.8. The van der Waals surface area contributed by atoms with E-state index in [9.17, 15) is 0 Å². The second-order valence-electron chi connectivity index (χ2n) is 2.31. The van der Waals surface area contributed by atoms with E-state index in [0.29, 0.717) is 0 Å². The maximum absolute atomic E-state index is 5.33. The van der Waals surface area contributed by atoms with Gasteiger partial charge in [0.05, 0.1) is 0 Å². The number of rotatable bonds is 6. The molecule has 0 aromatic rings. The first-order chi connectivity index (χ1) is 5.41. The molecule has 0 rings (SSSR count). The van der Waals surface area contributed by atoms with E-state index in [4.69, 9.17) is 5.73 Å². The van der Waals surface area contributed by atoms with Gasteiger partial charge >= 0.3 is 0 Å². The molecule has 0 unspecified atom stereocenters. The zero-order valence-corrected chi connectivity index (χ0v) is 8.32. The maximum atomic E-state index is 5.33. The van der Waals surface area contributed by atoms with Gasteiger partial charge in [-0.3, -0.25) is 0 Å². The topological polar surface area (TPSA) is 38.0 Å². The Balaban J connectivity index is 0. The van der Waals surface area contributed by atoms with Gasteiger partial charge in [0.15, 0.2) is 0 Å². The van der Waals surface area contributed by atoms with Crippen LogP contribution in [0, 0.1) is 0 Å². The minimum absolute atomic E-state index is 0.847. The largest absolute Gasteiger partial charge is 0.330 e. The van der Waals surface area contributed by atoms with Crippen LogP contribution in [0.25, 0.3) is 0 Å². The van der Waals surface area contributed by atoms with Gasteiger partial charge in [-0.05, 0) is 33.0 Å². The zero-order valence-electron chi connectivity index (χ0n) is 8.32. The van der Waals surface area contributed by atoms with Crippen LogP contribution in [0.3, 0.4) is 0 Å². The lowest BCUT2D eigenvalue weighted by Crippen LogP contribution is -2.07. The van der Waals surface area contributed by atoms with Crippen molar-refractivity contribution in [2.45, 2.75) is 39.5 Å². The molecule has 2 nitrogen and oxygen atoms in total. The van der Waals surface area contributed by atoms with E-state index >= 15 is 0 Å². The smallest absolute Gasteiger partial charge is 0.00519 e. The van der Waals surface area contributed by atoms with Crippen LogP contribution in [0.1, 0.15) is 39.5 Å². The van der Waals surface area contributed by atoms with Gasteiger partial charge in [-0.2, -0.15) is 0 Å². The summed E-state index contributed by atoms with van der Waals surface area (Å²) >= 11 is 0. The van der Waals surface area contributed by atoms with Crippen molar-refractivity contribution in [1.29, 1.82) is 0 Å². The summed E-state index contributed by atoms with van der Waals surface area (Å²) in [5.41, 5.74) is 5.33. The Morgan fingerprint density at radius 1 is 1.00 bits per heavy atom. The third-order valence-corrected chi connectivity index (χ3v) is 1.38. The summed E-state index contributed by atoms with van der Waals surface area (Å²) in [7, 11) is 1.99. The van der Waals surface area contributed by atoms with Gasteiger partial charge in [-0.1, -0.05) is 26.7 Å². The highest BCUT2D eigenvalue weighted by atomic mass is 14.8. The molecule has 11 heavy (non-hydrogen) atoms. The Labute approximate surface area is 71.6 Å². The average molecular weight is 160 g/mol. The van der Waals surface area contributed by atoms with Gasteiger partial charge in [0, 0.05) is 0 Å². The van der Waals surface area contributed by atoms with Crippen LogP contribution in [0.15, 0.2) is 0 Å². The van der Waals surface area contributed by atoms with Crippen molar-refractivity contribution in [2.75, 3.05) is 20.1 Å². The van der Waals surface area contributed by atoms with E-state index in [2.05, 4.69) is 5.32 Å². The minimum atomic E-state index is 0.847. The zero-order chi connectivity index (χ0) is 8.95. The summed E-state index contributed by atoms with van der Waals surface area (Å²) in [5, 5.41) is 3.11. The van der Waals surface area contributed by atoms with E-state index in [0.717, 1.165) is 13.1 Å². The molecular formula is C9H24N2. The van der Waals surface area contributed by atoms with Crippen LogP contribution < -0.4 is 11.1 Å². The van der Waals surface area contributed by atoms with E-state index in [-0.39, 0.29) is 0 Å².